The molecule has 20 heavy (non-hydrogen) atoms. The number of aliphatic hydroxyl groups excluding tert-OH is 1. The van der Waals surface area contributed by atoms with Gasteiger partial charge in [-0.1, -0.05) is 19.9 Å². The van der Waals surface area contributed by atoms with E-state index in [1.807, 2.05) is 18.2 Å². The van der Waals surface area contributed by atoms with Crippen molar-refractivity contribution in [1.29, 1.82) is 0 Å². The lowest BCUT2D eigenvalue weighted by Crippen LogP contribution is -2.48. The van der Waals surface area contributed by atoms with Crippen molar-refractivity contribution < 1.29 is 9.90 Å². The molecule has 5 N–H and O–H groups in total. The number of hydrogen-bond acceptors (Lipinski definition) is 3. The fourth-order valence-electron chi connectivity index (χ4n) is 3.35. The summed E-state index contributed by atoms with van der Waals surface area (Å²) in [4.78, 5) is 11.3. The Bertz CT molecular complexity index is 468. The van der Waals surface area contributed by atoms with Gasteiger partial charge in [-0.05, 0) is 48.9 Å². The number of carbonyl (C=O) groups is 1. The molecule has 112 valence electrons. The molecular formula is C16H26N2O2. The van der Waals surface area contributed by atoms with Gasteiger partial charge in [-0.3, -0.25) is 4.79 Å². The van der Waals surface area contributed by atoms with Crippen molar-refractivity contribution >= 4 is 5.91 Å². The van der Waals surface area contributed by atoms with Crippen molar-refractivity contribution in [2.24, 2.45) is 11.5 Å². The van der Waals surface area contributed by atoms with Crippen LogP contribution in [-0.2, 0) is 11.8 Å². The predicted octanol–water partition coefficient (Wildman–Crippen LogP) is 1.73. The van der Waals surface area contributed by atoms with Crippen molar-refractivity contribution in [3.63, 3.8) is 0 Å². The summed E-state index contributed by atoms with van der Waals surface area (Å²) in [5.41, 5.74) is 14.9. The van der Waals surface area contributed by atoms with Gasteiger partial charge in [0, 0.05) is 24.1 Å². The van der Waals surface area contributed by atoms with Crippen LogP contribution in [-0.4, -0.2) is 24.2 Å². The van der Waals surface area contributed by atoms with Gasteiger partial charge in [0.25, 0.3) is 0 Å². The molecule has 0 aliphatic heterocycles. The molecule has 2 rings (SSSR count). The molecule has 1 atom stereocenters. The summed E-state index contributed by atoms with van der Waals surface area (Å²) in [6.07, 6.45) is 4.02. The first-order valence-electron chi connectivity index (χ1n) is 7.18. The Kier molecular flexibility index (Phi) is 5.72. The third-order valence-electron chi connectivity index (χ3n) is 4.63. The van der Waals surface area contributed by atoms with Gasteiger partial charge in [-0.25, -0.2) is 0 Å². The maximum atomic E-state index is 11.3. The Morgan fingerprint density at radius 2 is 1.95 bits per heavy atom. The Morgan fingerprint density at radius 3 is 2.45 bits per heavy atom. The number of carbonyl (C=O) groups excluding carboxylic acids is 1. The first-order valence-corrected chi connectivity index (χ1v) is 7.18. The highest BCUT2D eigenvalue weighted by atomic mass is 16.2. The van der Waals surface area contributed by atoms with Crippen molar-refractivity contribution in [2.45, 2.75) is 51.0 Å². The Labute approximate surface area is 121 Å². The van der Waals surface area contributed by atoms with Crippen molar-refractivity contribution in [1.82, 2.24) is 0 Å². The molecule has 4 nitrogen and oxygen atoms in total. The van der Waals surface area contributed by atoms with E-state index in [-0.39, 0.29) is 17.4 Å². The quantitative estimate of drug-likeness (QED) is 0.786. The fraction of sp³-hybridized carbons (Fsp3) is 0.562. The van der Waals surface area contributed by atoms with E-state index in [1.165, 1.54) is 11.1 Å². The van der Waals surface area contributed by atoms with Crippen LogP contribution in [0, 0.1) is 0 Å². The first kappa shape index (κ1) is 16.7. The molecule has 1 amide bonds. The van der Waals surface area contributed by atoms with E-state index in [2.05, 4.69) is 13.8 Å². The number of aryl methyl sites for hydroxylation is 1. The van der Waals surface area contributed by atoms with Crippen LogP contribution in [0.1, 0.15) is 54.6 Å². The lowest BCUT2D eigenvalue weighted by Gasteiger charge is -2.43. The van der Waals surface area contributed by atoms with Crippen LogP contribution in [0.3, 0.4) is 0 Å². The average molecular weight is 278 g/mol. The van der Waals surface area contributed by atoms with Crippen molar-refractivity contribution in [2.75, 3.05) is 7.11 Å². The van der Waals surface area contributed by atoms with Gasteiger partial charge in [-0.15, -0.1) is 0 Å². The number of rotatable bonds is 3. The minimum atomic E-state index is -0.363. The normalized spacial score (nSPS) is 19.6. The van der Waals surface area contributed by atoms with Gasteiger partial charge in [0.15, 0.2) is 0 Å². The Hall–Kier alpha value is -1.39. The molecule has 0 bridgehead atoms. The number of benzene rings is 1. The van der Waals surface area contributed by atoms with Gasteiger partial charge in [0.2, 0.25) is 5.91 Å². The topological polar surface area (TPSA) is 89.3 Å². The molecule has 0 aromatic heterocycles. The second-order valence-corrected chi connectivity index (χ2v) is 5.24. The zero-order chi connectivity index (χ0) is 15.3. The summed E-state index contributed by atoms with van der Waals surface area (Å²) in [5.74, 6) is -0.363. The molecule has 1 aromatic rings. The van der Waals surface area contributed by atoms with E-state index in [0.717, 1.165) is 32.8 Å². The Balaban J connectivity index is 0.000000956. The molecule has 0 saturated carbocycles. The van der Waals surface area contributed by atoms with Gasteiger partial charge >= 0.3 is 0 Å². The average Bonchev–Trinajstić information content (AvgIpc) is 2.49. The number of amides is 1. The summed E-state index contributed by atoms with van der Waals surface area (Å²) in [5, 5.41) is 7.00. The van der Waals surface area contributed by atoms with Crippen molar-refractivity contribution in [3.05, 3.63) is 34.9 Å². The SMILES string of the molecule is CCC1(CC)c2cc(C(N)=O)ccc2CCC1N.CO. The monoisotopic (exact) mass is 278 g/mol. The molecule has 0 radical (unpaired) electrons. The molecule has 1 unspecified atom stereocenters. The number of primary amides is 1. The molecule has 1 aliphatic rings. The number of nitrogens with two attached hydrogens (primary N) is 2. The molecule has 0 spiro atoms. The smallest absolute Gasteiger partial charge is 0.248 e. The predicted molar refractivity (Wildman–Crippen MR) is 81.7 cm³/mol. The van der Waals surface area contributed by atoms with Crippen LogP contribution >= 0.6 is 0 Å². The summed E-state index contributed by atoms with van der Waals surface area (Å²) in [7, 11) is 1.00. The van der Waals surface area contributed by atoms with Crippen LogP contribution in [0.5, 0.6) is 0 Å². The standard InChI is InChI=1S/C15H22N2O.CH4O/c1-3-15(4-2)12-9-11(14(17)18)6-5-10(12)7-8-13(15)16;1-2/h5-6,9,13H,3-4,7-8,16H2,1-2H3,(H2,17,18);2H,1H3. The fourth-order valence-corrected chi connectivity index (χ4v) is 3.35. The van der Waals surface area contributed by atoms with Gasteiger partial charge < -0.3 is 16.6 Å². The maximum Gasteiger partial charge on any atom is 0.248 e. The number of aliphatic hydroxyl groups is 1. The minimum Gasteiger partial charge on any atom is -0.400 e. The lowest BCUT2D eigenvalue weighted by molar-refractivity contribution is 0.1000. The lowest BCUT2D eigenvalue weighted by atomic mass is 9.63. The number of fused-ring (bicyclic) bond motifs is 1. The van der Waals surface area contributed by atoms with Crippen LogP contribution in [0.2, 0.25) is 0 Å². The second-order valence-electron chi connectivity index (χ2n) is 5.24. The van der Waals surface area contributed by atoms with Crippen LogP contribution < -0.4 is 11.5 Å². The highest BCUT2D eigenvalue weighted by Crippen LogP contribution is 2.42. The molecule has 0 fully saturated rings. The first-order chi connectivity index (χ1) is 9.55. The van der Waals surface area contributed by atoms with Gasteiger partial charge in [0.05, 0.1) is 0 Å². The third kappa shape index (κ3) is 2.72. The molecule has 0 saturated heterocycles. The highest BCUT2D eigenvalue weighted by molar-refractivity contribution is 5.93. The summed E-state index contributed by atoms with van der Waals surface area (Å²) < 4.78 is 0. The zero-order valence-corrected chi connectivity index (χ0v) is 12.6. The third-order valence-corrected chi connectivity index (χ3v) is 4.63. The largest absolute Gasteiger partial charge is 0.400 e. The summed E-state index contributed by atoms with van der Waals surface area (Å²) >= 11 is 0. The van der Waals surface area contributed by atoms with Crippen LogP contribution in [0.15, 0.2) is 18.2 Å². The Morgan fingerprint density at radius 1 is 1.35 bits per heavy atom. The van der Waals surface area contributed by atoms with E-state index in [1.54, 1.807) is 0 Å². The van der Waals surface area contributed by atoms with Gasteiger partial charge in [0.1, 0.15) is 0 Å². The molecular weight excluding hydrogens is 252 g/mol. The van der Waals surface area contributed by atoms with Crippen LogP contribution in [0.4, 0.5) is 0 Å². The van der Waals surface area contributed by atoms with E-state index in [0.29, 0.717) is 5.56 Å². The van der Waals surface area contributed by atoms with E-state index >= 15 is 0 Å². The number of hydrogen-bond donors (Lipinski definition) is 3. The minimum absolute atomic E-state index is 0.000949. The maximum absolute atomic E-state index is 11.3. The molecule has 4 heteroatoms. The van der Waals surface area contributed by atoms with Gasteiger partial charge in [-0.2, -0.15) is 0 Å². The van der Waals surface area contributed by atoms with Crippen molar-refractivity contribution in [3.8, 4) is 0 Å². The van der Waals surface area contributed by atoms with E-state index in [4.69, 9.17) is 16.6 Å². The molecule has 0 heterocycles. The summed E-state index contributed by atoms with van der Waals surface area (Å²) in [6.45, 7) is 4.35. The van der Waals surface area contributed by atoms with E-state index < -0.39 is 0 Å². The molecule has 1 aliphatic carbocycles. The van der Waals surface area contributed by atoms with E-state index in [9.17, 15) is 4.79 Å². The molecule has 1 aromatic carbocycles. The summed E-state index contributed by atoms with van der Waals surface area (Å²) in [6, 6.07) is 6.00. The zero-order valence-electron chi connectivity index (χ0n) is 12.6. The van der Waals surface area contributed by atoms with Crippen LogP contribution in [0.25, 0.3) is 0 Å². The highest BCUT2D eigenvalue weighted by Gasteiger charge is 2.39. The second kappa shape index (κ2) is 6.86.